The third-order valence-electron chi connectivity index (χ3n) is 8.17. The maximum absolute atomic E-state index is 14.1. The summed E-state index contributed by atoms with van der Waals surface area (Å²) in [6.45, 7) is 8.64. The minimum Gasteiger partial charge on any atom is -0.377 e. The Morgan fingerprint density at radius 1 is 1.17 bits per heavy atom. The van der Waals surface area contributed by atoms with Crippen molar-refractivity contribution in [1.29, 1.82) is 0 Å². The minimum atomic E-state index is -4.66. The van der Waals surface area contributed by atoms with Gasteiger partial charge in [-0.15, -0.1) is 23.1 Å². The molecule has 2 fully saturated rings. The van der Waals surface area contributed by atoms with Gasteiger partial charge in [0.25, 0.3) is 5.91 Å². The van der Waals surface area contributed by atoms with Gasteiger partial charge in [-0.05, 0) is 50.2 Å². The Balaban J connectivity index is 1.31. The molecule has 3 aromatic rings. The molecule has 6 rings (SSSR count). The lowest BCUT2D eigenvalue weighted by Gasteiger charge is -2.39. The summed E-state index contributed by atoms with van der Waals surface area (Å²) in [7, 11) is 2.13. The number of piperazine rings is 1. The number of rotatable bonds is 6. The predicted molar refractivity (Wildman–Crippen MR) is 160 cm³/mol. The number of thiophene rings is 1. The number of benzene rings is 1. The molecule has 2 saturated heterocycles. The molecule has 5 heterocycles. The summed E-state index contributed by atoms with van der Waals surface area (Å²) < 4.78 is 47.7. The number of hydrogen-bond acceptors (Lipinski definition) is 9. The van der Waals surface area contributed by atoms with Crippen LogP contribution in [0.1, 0.15) is 34.6 Å². The highest BCUT2D eigenvalue weighted by Crippen LogP contribution is 2.43. The van der Waals surface area contributed by atoms with Crippen LogP contribution in [0.15, 0.2) is 35.4 Å². The average molecular weight is 619 g/mol. The molecule has 1 aromatic carbocycles. The van der Waals surface area contributed by atoms with Gasteiger partial charge in [0.05, 0.1) is 29.8 Å². The fraction of sp³-hybridized carbons (Fsp3) is 0.483. The standard InChI is InChI=1S/C29H33F3N6O2S2/c1-4-18-11-19(37-8-7-36(3)17(2)14-37)5-6-22(18)34-28-33-13-21(29(30,31)32)25(35-28)23-12-24-26(42-23)27(39)38(9-10-41-24)20-15-40-16-20/h5-6,11-13,17,20H,4,7-10,14-16H2,1-3H3,(H,33,34,35). The monoisotopic (exact) mass is 618 g/mol. The van der Waals surface area contributed by atoms with Crippen LogP contribution in [0.5, 0.6) is 0 Å². The Morgan fingerprint density at radius 2 is 1.98 bits per heavy atom. The number of ether oxygens (including phenoxy) is 1. The highest BCUT2D eigenvalue weighted by atomic mass is 32.2. The van der Waals surface area contributed by atoms with Gasteiger partial charge in [-0.2, -0.15) is 13.2 Å². The van der Waals surface area contributed by atoms with Gasteiger partial charge in [-0.25, -0.2) is 9.97 Å². The van der Waals surface area contributed by atoms with Crippen molar-refractivity contribution in [2.24, 2.45) is 0 Å². The SMILES string of the molecule is CCc1cc(N2CCN(C)C(C)C2)ccc1Nc1ncc(C(F)(F)F)c(-c2cc3c(s2)C(=O)N(C2COC2)CCS3)n1. The number of carbonyl (C=O) groups is 1. The van der Waals surface area contributed by atoms with Gasteiger partial charge in [0, 0.05) is 60.4 Å². The van der Waals surface area contributed by atoms with Crippen LogP contribution in [0.3, 0.4) is 0 Å². The second-order valence-corrected chi connectivity index (χ2v) is 13.1. The lowest BCUT2D eigenvalue weighted by molar-refractivity contribution is -0.137. The van der Waals surface area contributed by atoms with Crippen molar-refractivity contribution in [3.05, 3.63) is 46.5 Å². The van der Waals surface area contributed by atoms with Crippen LogP contribution in [0, 0.1) is 0 Å². The number of aryl methyl sites for hydroxylation is 1. The molecule has 0 radical (unpaired) electrons. The van der Waals surface area contributed by atoms with E-state index in [1.165, 1.54) is 11.8 Å². The van der Waals surface area contributed by atoms with E-state index in [1.807, 2.05) is 19.1 Å². The number of amides is 1. The van der Waals surface area contributed by atoms with E-state index in [0.717, 1.165) is 60.5 Å². The maximum atomic E-state index is 14.1. The molecule has 0 saturated carbocycles. The zero-order chi connectivity index (χ0) is 29.6. The third kappa shape index (κ3) is 5.71. The Labute approximate surface area is 251 Å². The van der Waals surface area contributed by atoms with Crippen LogP contribution >= 0.6 is 23.1 Å². The Morgan fingerprint density at radius 3 is 2.67 bits per heavy atom. The molecule has 1 unspecified atom stereocenters. The molecule has 224 valence electrons. The van der Waals surface area contributed by atoms with E-state index in [0.29, 0.717) is 46.2 Å². The smallest absolute Gasteiger partial charge is 0.377 e. The van der Waals surface area contributed by atoms with Gasteiger partial charge in [0.15, 0.2) is 0 Å². The number of hydrogen-bond donors (Lipinski definition) is 1. The fourth-order valence-corrected chi connectivity index (χ4v) is 7.73. The average Bonchev–Trinajstić information content (AvgIpc) is 3.30. The topological polar surface area (TPSA) is 73.8 Å². The first kappa shape index (κ1) is 29.2. The molecule has 0 bridgehead atoms. The van der Waals surface area contributed by atoms with Crippen molar-refractivity contribution in [1.82, 2.24) is 19.8 Å². The van der Waals surface area contributed by atoms with Crippen LogP contribution in [0.2, 0.25) is 0 Å². The van der Waals surface area contributed by atoms with E-state index in [4.69, 9.17) is 4.74 Å². The lowest BCUT2D eigenvalue weighted by Crippen LogP contribution is -2.52. The van der Waals surface area contributed by atoms with E-state index in [-0.39, 0.29) is 23.6 Å². The first-order chi connectivity index (χ1) is 20.1. The molecule has 1 amide bonds. The molecular weight excluding hydrogens is 585 g/mol. The molecule has 3 aliphatic heterocycles. The number of alkyl halides is 3. The van der Waals surface area contributed by atoms with Gasteiger partial charge in [-0.3, -0.25) is 4.79 Å². The van der Waals surface area contributed by atoms with Gasteiger partial charge in [0.2, 0.25) is 5.95 Å². The quantitative estimate of drug-likeness (QED) is 0.382. The molecule has 2 aromatic heterocycles. The van der Waals surface area contributed by atoms with Gasteiger partial charge >= 0.3 is 6.18 Å². The molecule has 1 N–H and O–H groups in total. The summed E-state index contributed by atoms with van der Waals surface area (Å²) in [4.78, 5) is 29.7. The fourth-order valence-electron chi connectivity index (χ4n) is 5.42. The number of carbonyl (C=O) groups excluding carboxylic acids is 1. The van der Waals surface area contributed by atoms with Crippen molar-refractivity contribution in [3.8, 4) is 10.6 Å². The molecule has 42 heavy (non-hydrogen) atoms. The maximum Gasteiger partial charge on any atom is 0.420 e. The van der Waals surface area contributed by atoms with Gasteiger partial charge < -0.3 is 24.8 Å². The third-order valence-corrected chi connectivity index (χ3v) is 10.5. The molecule has 0 aliphatic carbocycles. The van der Waals surface area contributed by atoms with Crippen LogP contribution in [-0.2, 0) is 17.3 Å². The zero-order valence-electron chi connectivity index (χ0n) is 23.7. The first-order valence-corrected chi connectivity index (χ1v) is 15.9. The largest absolute Gasteiger partial charge is 0.420 e. The van der Waals surface area contributed by atoms with Crippen LogP contribution in [0.4, 0.5) is 30.5 Å². The number of thioether (sulfide) groups is 1. The van der Waals surface area contributed by atoms with E-state index >= 15 is 0 Å². The van der Waals surface area contributed by atoms with Crippen molar-refractivity contribution in [3.63, 3.8) is 0 Å². The number of likely N-dealkylation sites (N-methyl/N-ethyl adjacent to an activating group) is 1. The Kier molecular flexibility index (Phi) is 8.11. The van der Waals surface area contributed by atoms with E-state index in [9.17, 15) is 18.0 Å². The molecule has 1 atom stereocenters. The highest BCUT2D eigenvalue weighted by Gasteiger charge is 2.38. The first-order valence-electron chi connectivity index (χ1n) is 14.1. The number of fused-ring (bicyclic) bond motifs is 1. The normalized spacial score (nSPS) is 20.3. The number of halogens is 3. The predicted octanol–water partition coefficient (Wildman–Crippen LogP) is 5.62. The van der Waals surface area contributed by atoms with Crippen LogP contribution in [0.25, 0.3) is 10.6 Å². The van der Waals surface area contributed by atoms with Crippen molar-refractivity contribution >= 4 is 46.3 Å². The summed E-state index contributed by atoms with van der Waals surface area (Å²) in [5.74, 6) is 0.573. The number of nitrogens with zero attached hydrogens (tertiary/aromatic N) is 5. The minimum absolute atomic E-state index is 0.00833. The summed E-state index contributed by atoms with van der Waals surface area (Å²) in [6.07, 6.45) is -3.10. The van der Waals surface area contributed by atoms with E-state index in [2.05, 4.69) is 45.1 Å². The molecule has 0 spiro atoms. The number of nitrogens with one attached hydrogen (secondary N) is 1. The van der Waals surface area contributed by atoms with Gasteiger partial charge in [-0.1, -0.05) is 6.92 Å². The van der Waals surface area contributed by atoms with Crippen molar-refractivity contribution < 1.29 is 22.7 Å². The summed E-state index contributed by atoms with van der Waals surface area (Å²) in [6, 6.07) is 8.21. The summed E-state index contributed by atoms with van der Waals surface area (Å²) in [5.41, 5.74) is 1.73. The molecule has 13 heteroatoms. The Hall–Kier alpha value is -2.87. The van der Waals surface area contributed by atoms with E-state index < -0.39 is 11.7 Å². The van der Waals surface area contributed by atoms with Crippen LogP contribution < -0.4 is 10.2 Å². The van der Waals surface area contributed by atoms with Crippen molar-refractivity contribution in [2.45, 2.75) is 43.4 Å². The Bertz CT molecular complexity index is 1480. The van der Waals surface area contributed by atoms with Crippen molar-refractivity contribution in [2.75, 3.05) is 62.4 Å². The lowest BCUT2D eigenvalue weighted by atomic mass is 10.1. The van der Waals surface area contributed by atoms with Crippen LogP contribution in [-0.4, -0.2) is 90.0 Å². The second kappa shape index (κ2) is 11.7. The molecule has 8 nitrogen and oxygen atoms in total. The number of anilines is 3. The molecule has 3 aliphatic rings. The molecular formula is C29H33F3N6O2S2. The van der Waals surface area contributed by atoms with E-state index in [1.54, 1.807) is 11.0 Å². The van der Waals surface area contributed by atoms with Gasteiger partial charge in [0.1, 0.15) is 10.4 Å². The zero-order valence-corrected chi connectivity index (χ0v) is 25.3. The number of aromatic nitrogens is 2. The highest BCUT2D eigenvalue weighted by molar-refractivity contribution is 7.99. The summed E-state index contributed by atoms with van der Waals surface area (Å²) >= 11 is 2.54. The summed E-state index contributed by atoms with van der Waals surface area (Å²) in [5, 5.41) is 3.17. The second-order valence-electron chi connectivity index (χ2n) is 10.9.